The molecule has 1 aromatic rings. The quantitative estimate of drug-likeness (QED) is 0.862. The summed E-state index contributed by atoms with van der Waals surface area (Å²) in [6.45, 7) is 7.39. The molecule has 0 aliphatic heterocycles. The van der Waals surface area contributed by atoms with Crippen LogP contribution in [0, 0.1) is 5.92 Å². The van der Waals surface area contributed by atoms with E-state index in [2.05, 4.69) is 54.2 Å². The molecule has 2 atom stereocenters. The van der Waals surface area contributed by atoms with E-state index >= 15 is 0 Å². The number of methoxy groups -OCH3 is 1. The van der Waals surface area contributed by atoms with E-state index in [1.807, 2.05) is 0 Å². The summed E-state index contributed by atoms with van der Waals surface area (Å²) in [5.74, 6) is 0.575. The van der Waals surface area contributed by atoms with E-state index in [9.17, 15) is 0 Å². The number of nitrogens with one attached hydrogen (secondary N) is 1. The van der Waals surface area contributed by atoms with Gasteiger partial charge in [0.05, 0.1) is 10.4 Å². The molecule has 4 heteroatoms. The van der Waals surface area contributed by atoms with Crippen LogP contribution in [-0.2, 0) is 4.74 Å². The summed E-state index contributed by atoms with van der Waals surface area (Å²) in [7, 11) is 1.75. The highest BCUT2D eigenvalue weighted by Crippen LogP contribution is 2.27. The highest BCUT2D eigenvalue weighted by molar-refractivity contribution is 9.11. The van der Waals surface area contributed by atoms with Crippen molar-refractivity contribution in [2.24, 2.45) is 5.92 Å². The Hall–Kier alpha value is 0.1000. The average Bonchev–Trinajstić information content (AvgIpc) is 2.64. The molecule has 0 saturated carbocycles. The van der Waals surface area contributed by atoms with Gasteiger partial charge in [-0.1, -0.05) is 13.8 Å². The molecule has 16 heavy (non-hydrogen) atoms. The van der Waals surface area contributed by atoms with Gasteiger partial charge in [-0.15, -0.1) is 11.3 Å². The number of thiophene rings is 1. The molecule has 0 fully saturated rings. The fourth-order valence-electron chi connectivity index (χ4n) is 1.58. The van der Waals surface area contributed by atoms with Crippen LogP contribution in [0.2, 0.25) is 0 Å². The Morgan fingerprint density at radius 2 is 2.06 bits per heavy atom. The average molecular weight is 306 g/mol. The van der Waals surface area contributed by atoms with Gasteiger partial charge in [-0.2, -0.15) is 0 Å². The fraction of sp³-hybridized carbons (Fsp3) is 0.667. The first kappa shape index (κ1) is 14.2. The minimum Gasteiger partial charge on any atom is -0.383 e. The summed E-state index contributed by atoms with van der Waals surface area (Å²) in [5.41, 5.74) is 0. The lowest BCUT2D eigenvalue weighted by molar-refractivity contribution is 0.142. The van der Waals surface area contributed by atoms with Crippen molar-refractivity contribution in [3.63, 3.8) is 0 Å². The molecular weight excluding hydrogens is 286 g/mol. The van der Waals surface area contributed by atoms with Gasteiger partial charge in [-0.25, -0.2) is 0 Å². The van der Waals surface area contributed by atoms with Crippen molar-refractivity contribution >= 4 is 27.3 Å². The highest BCUT2D eigenvalue weighted by atomic mass is 79.9. The summed E-state index contributed by atoms with van der Waals surface area (Å²) in [5, 5.41) is 3.61. The normalized spacial score (nSPS) is 15.4. The third-order valence-corrected chi connectivity index (χ3v) is 4.44. The Kier molecular flexibility index (Phi) is 5.97. The minimum atomic E-state index is 0.374. The van der Waals surface area contributed by atoms with Gasteiger partial charge in [-0.3, -0.25) is 0 Å². The van der Waals surface area contributed by atoms with Gasteiger partial charge < -0.3 is 10.1 Å². The molecule has 92 valence electrons. The molecule has 0 saturated heterocycles. The molecule has 0 spiro atoms. The van der Waals surface area contributed by atoms with E-state index in [-0.39, 0.29) is 0 Å². The van der Waals surface area contributed by atoms with Gasteiger partial charge in [0, 0.05) is 24.1 Å². The zero-order valence-corrected chi connectivity index (χ0v) is 12.7. The molecule has 0 amide bonds. The molecule has 1 rings (SSSR count). The lowest BCUT2D eigenvalue weighted by atomic mass is 10.0. The van der Waals surface area contributed by atoms with Gasteiger partial charge in [0.2, 0.25) is 0 Å². The van der Waals surface area contributed by atoms with E-state index in [1.165, 1.54) is 8.66 Å². The molecule has 0 bridgehead atoms. The van der Waals surface area contributed by atoms with E-state index in [1.54, 1.807) is 18.4 Å². The predicted molar refractivity (Wildman–Crippen MR) is 74.1 cm³/mol. The lowest BCUT2D eigenvalue weighted by Crippen LogP contribution is -2.39. The van der Waals surface area contributed by atoms with Crippen molar-refractivity contribution < 1.29 is 4.74 Å². The number of rotatable bonds is 6. The zero-order valence-electron chi connectivity index (χ0n) is 10.3. The number of halogens is 1. The first-order valence-corrected chi connectivity index (χ1v) is 7.15. The third-order valence-electron chi connectivity index (χ3n) is 2.64. The topological polar surface area (TPSA) is 21.3 Å². The van der Waals surface area contributed by atoms with Crippen LogP contribution in [0.15, 0.2) is 15.9 Å². The van der Waals surface area contributed by atoms with Crippen LogP contribution >= 0.6 is 27.3 Å². The summed E-state index contributed by atoms with van der Waals surface area (Å²) in [6, 6.07) is 5.04. The molecule has 0 aromatic carbocycles. The zero-order chi connectivity index (χ0) is 12.1. The monoisotopic (exact) mass is 305 g/mol. The van der Waals surface area contributed by atoms with Crippen LogP contribution in [0.3, 0.4) is 0 Å². The van der Waals surface area contributed by atoms with Crippen molar-refractivity contribution in [1.29, 1.82) is 0 Å². The smallest absolute Gasteiger partial charge is 0.0701 e. The molecule has 0 aliphatic rings. The Bertz CT molecular complexity index is 314. The Balaban J connectivity index is 2.57. The molecule has 2 unspecified atom stereocenters. The Morgan fingerprint density at radius 3 is 2.50 bits per heavy atom. The minimum absolute atomic E-state index is 0.374. The van der Waals surface area contributed by atoms with Crippen molar-refractivity contribution in [3.8, 4) is 0 Å². The summed E-state index contributed by atoms with van der Waals surface area (Å²) in [6.07, 6.45) is 0. The van der Waals surface area contributed by atoms with Gasteiger partial charge >= 0.3 is 0 Å². The van der Waals surface area contributed by atoms with Gasteiger partial charge in [0.15, 0.2) is 0 Å². The molecule has 0 radical (unpaired) electrons. The lowest BCUT2D eigenvalue weighted by Gasteiger charge is -2.25. The number of ether oxygens (including phenoxy) is 1. The van der Waals surface area contributed by atoms with Crippen LogP contribution in [0.1, 0.15) is 31.7 Å². The SMILES string of the molecule is COCC(NC(C)c1ccc(Br)s1)C(C)C. The predicted octanol–water partition coefficient (Wildman–Crippen LogP) is 3.83. The largest absolute Gasteiger partial charge is 0.383 e. The summed E-state index contributed by atoms with van der Waals surface area (Å²) >= 11 is 5.27. The van der Waals surface area contributed by atoms with Crippen LogP contribution < -0.4 is 5.32 Å². The van der Waals surface area contributed by atoms with Crippen LogP contribution in [-0.4, -0.2) is 19.8 Å². The summed E-state index contributed by atoms with van der Waals surface area (Å²) < 4.78 is 6.42. The Labute approximate surface area is 111 Å². The van der Waals surface area contributed by atoms with Gasteiger partial charge in [0.1, 0.15) is 0 Å². The molecule has 1 N–H and O–H groups in total. The molecular formula is C12H20BrNOS. The number of hydrogen-bond donors (Lipinski definition) is 1. The second-order valence-corrected chi connectivity index (χ2v) is 6.83. The van der Waals surface area contributed by atoms with Crippen LogP contribution in [0.4, 0.5) is 0 Å². The van der Waals surface area contributed by atoms with Crippen LogP contribution in [0.5, 0.6) is 0 Å². The van der Waals surface area contributed by atoms with Gasteiger partial charge in [-0.05, 0) is 40.9 Å². The van der Waals surface area contributed by atoms with E-state index in [0.29, 0.717) is 18.0 Å². The van der Waals surface area contributed by atoms with Crippen molar-refractivity contribution in [3.05, 3.63) is 20.8 Å². The van der Waals surface area contributed by atoms with E-state index in [4.69, 9.17) is 4.74 Å². The van der Waals surface area contributed by atoms with E-state index in [0.717, 1.165) is 6.61 Å². The maximum atomic E-state index is 5.24. The molecule has 2 nitrogen and oxygen atoms in total. The fourth-order valence-corrected chi connectivity index (χ4v) is 3.01. The standard InChI is InChI=1S/C12H20BrNOS/c1-8(2)10(7-15-4)14-9(3)11-5-6-12(13)16-11/h5-6,8-10,14H,7H2,1-4H3. The first-order valence-electron chi connectivity index (χ1n) is 5.54. The van der Waals surface area contributed by atoms with Crippen molar-refractivity contribution in [1.82, 2.24) is 5.32 Å². The highest BCUT2D eigenvalue weighted by Gasteiger charge is 2.17. The molecule has 1 heterocycles. The summed E-state index contributed by atoms with van der Waals surface area (Å²) in [4.78, 5) is 1.36. The maximum absolute atomic E-state index is 5.24. The van der Waals surface area contributed by atoms with E-state index < -0.39 is 0 Å². The van der Waals surface area contributed by atoms with Gasteiger partial charge in [0.25, 0.3) is 0 Å². The van der Waals surface area contributed by atoms with Crippen LogP contribution in [0.25, 0.3) is 0 Å². The van der Waals surface area contributed by atoms with Crippen molar-refractivity contribution in [2.45, 2.75) is 32.9 Å². The first-order chi connectivity index (χ1) is 7.54. The second-order valence-electron chi connectivity index (χ2n) is 4.34. The number of hydrogen-bond acceptors (Lipinski definition) is 3. The van der Waals surface area contributed by atoms with Crippen molar-refractivity contribution in [2.75, 3.05) is 13.7 Å². The molecule has 0 aliphatic carbocycles. The third kappa shape index (κ3) is 4.17. The molecule has 1 aromatic heterocycles. The second kappa shape index (κ2) is 6.74. The maximum Gasteiger partial charge on any atom is 0.0701 e. The Morgan fingerprint density at radius 1 is 1.38 bits per heavy atom.